The summed E-state index contributed by atoms with van der Waals surface area (Å²) >= 11 is 13.8. The molecule has 0 bridgehead atoms. The molecule has 34 heavy (non-hydrogen) atoms. The van der Waals surface area contributed by atoms with Crippen molar-refractivity contribution in [3.05, 3.63) is 62.4 Å². The van der Waals surface area contributed by atoms with Crippen LogP contribution in [0.4, 0.5) is 5.13 Å². The Hall–Kier alpha value is -3.27. The van der Waals surface area contributed by atoms with E-state index in [1.165, 1.54) is 7.11 Å². The Morgan fingerprint density at radius 2 is 1.85 bits per heavy atom. The molecular formula is C23H19Cl2N3O5S. The molecule has 0 atom stereocenters. The first-order chi connectivity index (χ1) is 16.3. The topological polar surface area (TPSA) is 95.2 Å². The van der Waals surface area contributed by atoms with Crippen molar-refractivity contribution in [1.29, 1.82) is 0 Å². The fourth-order valence-electron chi connectivity index (χ4n) is 3.25. The van der Waals surface area contributed by atoms with Crippen molar-refractivity contribution < 1.29 is 23.4 Å². The van der Waals surface area contributed by atoms with E-state index in [1.807, 2.05) is 6.07 Å². The molecule has 8 nitrogen and oxygen atoms in total. The fourth-order valence-corrected chi connectivity index (χ4v) is 4.61. The Morgan fingerprint density at radius 1 is 1.09 bits per heavy atom. The van der Waals surface area contributed by atoms with E-state index in [-0.39, 0.29) is 0 Å². The zero-order chi connectivity index (χ0) is 24.4. The maximum absolute atomic E-state index is 11.9. The summed E-state index contributed by atoms with van der Waals surface area (Å²) in [6, 6.07) is 10.4. The number of nitrogens with zero attached hydrogens (tertiary/aromatic N) is 2. The molecule has 0 saturated carbocycles. The monoisotopic (exact) mass is 519 g/mol. The second kappa shape index (κ2) is 9.92. The van der Waals surface area contributed by atoms with E-state index in [0.29, 0.717) is 59.3 Å². The van der Waals surface area contributed by atoms with E-state index in [1.54, 1.807) is 51.5 Å². The fraction of sp³-hybridized carbons (Fsp3) is 0.174. The Kier molecular flexibility index (Phi) is 6.97. The second-order valence-corrected chi connectivity index (χ2v) is 8.82. The van der Waals surface area contributed by atoms with Crippen LogP contribution in [0.15, 0.2) is 45.9 Å². The number of nitrogens with one attached hydrogen (secondary N) is 1. The summed E-state index contributed by atoms with van der Waals surface area (Å²) in [5.41, 5.74) is 4.57. The van der Waals surface area contributed by atoms with Crippen molar-refractivity contribution in [3.63, 3.8) is 0 Å². The van der Waals surface area contributed by atoms with E-state index >= 15 is 0 Å². The zero-order valence-electron chi connectivity index (χ0n) is 18.6. The van der Waals surface area contributed by atoms with E-state index in [4.69, 9.17) is 41.8 Å². The van der Waals surface area contributed by atoms with Crippen LogP contribution >= 0.6 is 34.5 Å². The first-order valence-corrected chi connectivity index (χ1v) is 11.4. The highest BCUT2D eigenvalue weighted by molar-refractivity contribution is 7.17. The number of aryl methyl sites for hydroxylation is 1. The van der Waals surface area contributed by atoms with Gasteiger partial charge in [0.25, 0.3) is 0 Å². The molecule has 0 radical (unpaired) electrons. The largest absolute Gasteiger partial charge is 0.493 e. The van der Waals surface area contributed by atoms with E-state index < -0.39 is 5.97 Å². The highest BCUT2D eigenvalue weighted by Gasteiger charge is 2.16. The van der Waals surface area contributed by atoms with Crippen LogP contribution in [0, 0.1) is 6.92 Å². The first kappa shape index (κ1) is 23.9. The molecule has 0 spiro atoms. The maximum Gasteiger partial charge on any atom is 0.350 e. The predicted octanol–water partition coefficient (Wildman–Crippen LogP) is 5.90. The van der Waals surface area contributed by atoms with Gasteiger partial charge in [-0.1, -0.05) is 34.5 Å². The van der Waals surface area contributed by atoms with Gasteiger partial charge in [0.15, 0.2) is 17.1 Å². The third kappa shape index (κ3) is 4.68. The van der Waals surface area contributed by atoms with E-state index in [9.17, 15) is 4.79 Å². The molecule has 2 aromatic heterocycles. The molecule has 1 N–H and O–H groups in total. The lowest BCUT2D eigenvalue weighted by molar-refractivity contribution is 0.0605. The van der Waals surface area contributed by atoms with Gasteiger partial charge in [0.2, 0.25) is 5.13 Å². The van der Waals surface area contributed by atoms with Crippen LogP contribution in [0.3, 0.4) is 0 Å². The van der Waals surface area contributed by atoms with Crippen LogP contribution in [0.25, 0.3) is 22.3 Å². The highest BCUT2D eigenvalue weighted by Crippen LogP contribution is 2.34. The van der Waals surface area contributed by atoms with Crippen LogP contribution < -0.4 is 20.3 Å². The van der Waals surface area contributed by atoms with Gasteiger partial charge in [-0.15, -0.1) is 0 Å². The molecule has 0 amide bonds. The SMILES string of the molecule is COC(=O)c1sc(NN=c2cc(-c3ccc(OC)c(OC)c3)oc3c(Cl)cc(Cl)cc23)nc1C. The number of benzene rings is 2. The summed E-state index contributed by atoms with van der Waals surface area (Å²) in [5, 5.41) is 6.79. The Morgan fingerprint density at radius 3 is 2.56 bits per heavy atom. The van der Waals surface area contributed by atoms with E-state index in [2.05, 4.69) is 15.5 Å². The van der Waals surface area contributed by atoms with Gasteiger partial charge in [0.1, 0.15) is 10.6 Å². The molecule has 4 aromatic rings. The molecule has 4 rings (SSSR count). The Balaban J connectivity index is 1.86. The normalized spacial score (nSPS) is 11.5. The van der Waals surface area contributed by atoms with Crippen LogP contribution in [-0.4, -0.2) is 32.3 Å². The van der Waals surface area contributed by atoms with Gasteiger partial charge < -0.3 is 18.6 Å². The predicted molar refractivity (Wildman–Crippen MR) is 132 cm³/mol. The lowest BCUT2D eigenvalue weighted by Crippen LogP contribution is -2.07. The number of hydrogen-bond acceptors (Lipinski definition) is 9. The summed E-state index contributed by atoms with van der Waals surface area (Å²) in [4.78, 5) is 16.6. The molecule has 11 heteroatoms. The standard InChI is InChI=1S/C23H19Cl2N3O5S/c1-11-21(22(29)32-4)34-23(26-11)28-27-16-10-18(12-5-6-17(30-2)19(7-12)31-3)33-20-14(16)8-13(24)9-15(20)25/h5-10H,1-4H3,(H,26,28). The number of anilines is 1. The third-order valence-electron chi connectivity index (χ3n) is 4.87. The van der Waals surface area contributed by atoms with Crippen molar-refractivity contribution in [2.24, 2.45) is 5.10 Å². The molecule has 0 aliphatic carbocycles. The highest BCUT2D eigenvalue weighted by atomic mass is 35.5. The second-order valence-electron chi connectivity index (χ2n) is 6.98. The average molecular weight is 520 g/mol. The molecule has 0 saturated heterocycles. The van der Waals surface area contributed by atoms with Gasteiger partial charge in [-0.25, -0.2) is 9.78 Å². The lowest BCUT2D eigenvalue weighted by atomic mass is 10.1. The van der Waals surface area contributed by atoms with Gasteiger partial charge in [-0.3, -0.25) is 5.43 Å². The molecule has 0 aliphatic heterocycles. The summed E-state index contributed by atoms with van der Waals surface area (Å²) in [6.07, 6.45) is 0. The van der Waals surface area contributed by atoms with E-state index in [0.717, 1.165) is 16.9 Å². The lowest BCUT2D eigenvalue weighted by Gasteiger charge is -2.10. The number of aromatic nitrogens is 1. The molecule has 176 valence electrons. The van der Waals surface area contributed by atoms with Gasteiger partial charge in [-0.05, 0) is 37.3 Å². The molecular weight excluding hydrogens is 501 g/mol. The average Bonchev–Trinajstić information content (AvgIpc) is 3.21. The number of ether oxygens (including phenoxy) is 3. The number of carbonyl (C=O) groups is 1. The number of halogens is 2. The summed E-state index contributed by atoms with van der Waals surface area (Å²) in [7, 11) is 4.44. The first-order valence-electron chi connectivity index (χ1n) is 9.85. The van der Waals surface area contributed by atoms with Crippen molar-refractivity contribution in [2.45, 2.75) is 6.92 Å². The smallest absolute Gasteiger partial charge is 0.350 e. The number of fused-ring (bicyclic) bond motifs is 1. The summed E-state index contributed by atoms with van der Waals surface area (Å²) < 4.78 is 21.6. The third-order valence-corrected chi connectivity index (χ3v) is 6.41. The Labute approximate surface area is 208 Å². The van der Waals surface area contributed by atoms with Crippen molar-refractivity contribution in [1.82, 2.24) is 4.98 Å². The van der Waals surface area contributed by atoms with Crippen LogP contribution in [0.1, 0.15) is 15.4 Å². The maximum atomic E-state index is 11.9. The molecule has 2 aromatic carbocycles. The minimum atomic E-state index is -0.457. The number of thiazole rings is 1. The van der Waals surface area contributed by atoms with Gasteiger partial charge in [0.05, 0.1) is 37.4 Å². The summed E-state index contributed by atoms with van der Waals surface area (Å²) in [5.74, 6) is 1.16. The Bertz CT molecular complexity index is 1470. The van der Waals surface area contributed by atoms with Crippen LogP contribution in [-0.2, 0) is 4.74 Å². The van der Waals surface area contributed by atoms with Gasteiger partial charge >= 0.3 is 5.97 Å². The van der Waals surface area contributed by atoms with Crippen molar-refractivity contribution in [2.75, 3.05) is 26.8 Å². The molecule has 0 fully saturated rings. The molecule has 0 unspecified atom stereocenters. The van der Waals surface area contributed by atoms with Crippen molar-refractivity contribution in [3.8, 4) is 22.8 Å². The zero-order valence-corrected chi connectivity index (χ0v) is 20.9. The number of rotatable bonds is 6. The minimum Gasteiger partial charge on any atom is -0.493 e. The quantitative estimate of drug-likeness (QED) is 0.250. The van der Waals surface area contributed by atoms with Gasteiger partial charge in [-0.2, -0.15) is 5.10 Å². The number of methoxy groups -OCH3 is 3. The van der Waals surface area contributed by atoms with Crippen molar-refractivity contribution >= 4 is 56.6 Å². The van der Waals surface area contributed by atoms with Gasteiger partial charge in [0, 0.05) is 22.0 Å². The number of esters is 1. The number of carbonyl (C=O) groups excluding carboxylic acids is 1. The van der Waals surface area contributed by atoms with Crippen LogP contribution in [0.2, 0.25) is 10.0 Å². The minimum absolute atomic E-state index is 0.333. The van der Waals surface area contributed by atoms with Crippen LogP contribution in [0.5, 0.6) is 11.5 Å². The number of hydrogen-bond donors (Lipinski definition) is 1. The molecule has 2 heterocycles. The summed E-state index contributed by atoms with van der Waals surface area (Å²) in [6.45, 7) is 1.72. The molecule has 0 aliphatic rings.